The second-order valence-electron chi connectivity index (χ2n) is 6.49. The van der Waals surface area contributed by atoms with Crippen molar-refractivity contribution < 1.29 is 0 Å². The third-order valence-electron chi connectivity index (χ3n) is 3.85. The lowest BCUT2D eigenvalue weighted by Crippen LogP contribution is -2.36. The molecule has 0 aromatic rings. The van der Waals surface area contributed by atoms with Crippen molar-refractivity contribution in [1.29, 1.82) is 0 Å². The van der Waals surface area contributed by atoms with E-state index in [-0.39, 0.29) is 0 Å². The molecule has 1 N–H and O–H groups in total. The second-order valence-corrected chi connectivity index (χ2v) is 8.30. The van der Waals surface area contributed by atoms with Crippen LogP contribution in [0.3, 0.4) is 0 Å². The predicted molar refractivity (Wildman–Crippen MR) is 84.6 cm³/mol. The van der Waals surface area contributed by atoms with Crippen LogP contribution in [-0.2, 0) is 0 Å². The third kappa shape index (κ3) is 6.44. The molecule has 3 heteroatoms. The molecule has 1 unspecified atom stereocenters. The van der Waals surface area contributed by atoms with Gasteiger partial charge in [-0.05, 0) is 39.3 Å². The minimum Gasteiger partial charge on any atom is -0.315 e. The molecule has 1 atom stereocenters. The Kier molecular flexibility index (Phi) is 7.04. The van der Waals surface area contributed by atoms with Crippen molar-refractivity contribution in [2.45, 2.75) is 70.7 Å². The number of nitrogens with zero attached hydrogens (tertiary/aromatic N) is 1. The van der Waals surface area contributed by atoms with Gasteiger partial charge in [-0.15, -0.1) is 0 Å². The maximum absolute atomic E-state index is 3.51. The zero-order valence-electron chi connectivity index (χ0n) is 13.0. The largest absolute Gasteiger partial charge is 0.315 e. The molecule has 2 nitrogen and oxygen atoms in total. The first-order valence-corrected chi connectivity index (χ1v) is 8.51. The summed E-state index contributed by atoms with van der Waals surface area (Å²) in [5.41, 5.74) is 0. The molecule has 108 valence electrons. The molecular weight excluding hydrogens is 240 g/mol. The van der Waals surface area contributed by atoms with Crippen molar-refractivity contribution in [3.05, 3.63) is 0 Å². The van der Waals surface area contributed by atoms with Crippen LogP contribution in [0, 0.1) is 0 Å². The second kappa shape index (κ2) is 7.76. The molecule has 1 saturated heterocycles. The molecule has 1 fully saturated rings. The van der Waals surface area contributed by atoms with Crippen LogP contribution in [0.4, 0.5) is 0 Å². The predicted octanol–water partition coefficient (Wildman–Crippen LogP) is 3.37. The molecule has 1 heterocycles. The summed E-state index contributed by atoms with van der Waals surface area (Å²) in [6.07, 6.45) is 3.95. The normalized spacial score (nSPS) is 23.0. The molecule has 1 aliphatic heterocycles. The van der Waals surface area contributed by atoms with E-state index >= 15 is 0 Å². The van der Waals surface area contributed by atoms with E-state index in [4.69, 9.17) is 0 Å². The Balaban J connectivity index is 2.22. The monoisotopic (exact) mass is 272 g/mol. The minimum absolute atomic E-state index is 0.480. The summed E-state index contributed by atoms with van der Waals surface area (Å²) in [6.45, 7) is 15.3. The van der Waals surface area contributed by atoms with E-state index in [1.54, 1.807) is 0 Å². The van der Waals surface area contributed by atoms with Gasteiger partial charge >= 0.3 is 0 Å². The number of nitrogens with one attached hydrogen (secondary N) is 1. The summed E-state index contributed by atoms with van der Waals surface area (Å²) in [6, 6.07) is 1.36. The lowest BCUT2D eigenvalue weighted by atomic mass is 10.1. The Morgan fingerprint density at radius 1 is 1.22 bits per heavy atom. The SMILES string of the molecule is CC(C)NCCCC(C)N1CCSC(C)(C)CC1. The molecule has 0 amide bonds. The summed E-state index contributed by atoms with van der Waals surface area (Å²) in [7, 11) is 0. The average Bonchev–Trinajstić information content (AvgIpc) is 2.45. The van der Waals surface area contributed by atoms with Crippen molar-refractivity contribution in [3.8, 4) is 0 Å². The zero-order valence-corrected chi connectivity index (χ0v) is 13.8. The van der Waals surface area contributed by atoms with E-state index in [1.807, 2.05) is 0 Å². The Bertz CT molecular complexity index is 229. The smallest absolute Gasteiger partial charge is 0.0116 e. The summed E-state index contributed by atoms with van der Waals surface area (Å²) >= 11 is 2.14. The minimum atomic E-state index is 0.480. The average molecular weight is 273 g/mol. The first kappa shape index (κ1) is 16.3. The maximum atomic E-state index is 3.51. The summed E-state index contributed by atoms with van der Waals surface area (Å²) < 4.78 is 0.480. The van der Waals surface area contributed by atoms with Gasteiger partial charge in [-0.1, -0.05) is 27.7 Å². The fourth-order valence-corrected chi connectivity index (χ4v) is 3.56. The highest BCUT2D eigenvalue weighted by atomic mass is 32.2. The van der Waals surface area contributed by atoms with Crippen LogP contribution in [0.2, 0.25) is 0 Å². The molecule has 0 bridgehead atoms. The van der Waals surface area contributed by atoms with Crippen LogP contribution in [-0.4, -0.2) is 47.1 Å². The number of thioether (sulfide) groups is 1. The van der Waals surface area contributed by atoms with Crippen LogP contribution in [0.1, 0.15) is 53.9 Å². The van der Waals surface area contributed by atoms with Crippen molar-refractivity contribution in [2.75, 3.05) is 25.4 Å². The highest BCUT2D eigenvalue weighted by Gasteiger charge is 2.25. The molecule has 0 aromatic carbocycles. The molecule has 1 aliphatic rings. The zero-order chi connectivity index (χ0) is 13.6. The van der Waals surface area contributed by atoms with Crippen molar-refractivity contribution in [3.63, 3.8) is 0 Å². The van der Waals surface area contributed by atoms with Gasteiger partial charge in [0.15, 0.2) is 0 Å². The van der Waals surface area contributed by atoms with E-state index < -0.39 is 0 Å². The van der Waals surface area contributed by atoms with Crippen LogP contribution in [0.5, 0.6) is 0 Å². The van der Waals surface area contributed by atoms with Gasteiger partial charge in [0.1, 0.15) is 0 Å². The van der Waals surface area contributed by atoms with Gasteiger partial charge in [0.25, 0.3) is 0 Å². The van der Waals surface area contributed by atoms with Crippen molar-refractivity contribution in [1.82, 2.24) is 10.2 Å². The Labute approximate surface area is 118 Å². The Morgan fingerprint density at radius 3 is 2.61 bits per heavy atom. The van der Waals surface area contributed by atoms with Gasteiger partial charge in [-0.3, -0.25) is 4.90 Å². The van der Waals surface area contributed by atoms with Crippen molar-refractivity contribution >= 4 is 11.8 Å². The summed E-state index contributed by atoms with van der Waals surface area (Å²) in [5, 5.41) is 3.51. The molecule has 0 saturated carbocycles. The number of hydrogen-bond donors (Lipinski definition) is 1. The molecule has 0 radical (unpaired) electrons. The van der Waals surface area contributed by atoms with Gasteiger partial charge in [0.2, 0.25) is 0 Å². The van der Waals surface area contributed by atoms with Gasteiger partial charge in [-0.25, -0.2) is 0 Å². The highest BCUT2D eigenvalue weighted by molar-refractivity contribution is 8.00. The molecule has 0 aliphatic carbocycles. The molecule has 1 rings (SSSR count). The summed E-state index contributed by atoms with van der Waals surface area (Å²) in [4.78, 5) is 2.69. The van der Waals surface area contributed by atoms with E-state index in [2.05, 4.69) is 56.6 Å². The van der Waals surface area contributed by atoms with Gasteiger partial charge in [0, 0.05) is 29.1 Å². The van der Waals surface area contributed by atoms with E-state index in [1.165, 1.54) is 38.1 Å². The third-order valence-corrected chi connectivity index (χ3v) is 5.22. The molecule has 0 aromatic heterocycles. The Morgan fingerprint density at radius 2 is 1.94 bits per heavy atom. The summed E-state index contributed by atoms with van der Waals surface area (Å²) in [5.74, 6) is 1.29. The van der Waals surface area contributed by atoms with E-state index in [0.717, 1.165) is 12.6 Å². The van der Waals surface area contributed by atoms with Gasteiger partial charge < -0.3 is 5.32 Å². The first-order valence-electron chi connectivity index (χ1n) is 7.52. The van der Waals surface area contributed by atoms with Gasteiger partial charge in [-0.2, -0.15) is 11.8 Å². The van der Waals surface area contributed by atoms with Gasteiger partial charge in [0.05, 0.1) is 0 Å². The first-order chi connectivity index (χ1) is 8.41. The Hall–Kier alpha value is 0.270. The van der Waals surface area contributed by atoms with Crippen LogP contribution in [0.15, 0.2) is 0 Å². The molecule has 0 spiro atoms. The standard InChI is InChI=1S/C15H32N2S/c1-13(2)16-9-6-7-14(3)17-10-8-15(4,5)18-12-11-17/h13-14,16H,6-12H2,1-5H3. The lowest BCUT2D eigenvalue weighted by molar-refractivity contribution is 0.205. The number of hydrogen-bond acceptors (Lipinski definition) is 3. The van der Waals surface area contributed by atoms with Crippen LogP contribution >= 0.6 is 11.8 Å². The topological polar surface area (TPSA) is 15.3 Å². The maximum Gasteiger partial charge on any atom is 0.0116 e. The fraction of sp³-hybridized carbons (Fsp3) is 1.00. The lowest BCUT2D eigenvalue weighted by Gasteiger charge is -2.28. The quantitative estimate of drug-likeness (QED) is 0.746. The van der Waals surface area contributed by atoms with Crippen LogP contribution < -0.4 is 5.32 Å². The molecular formula is C15H32N2S. The highest BCUT2D eigenvalue weighted by Crippen LogP contribution is 2.31. The van der Waals surface area contributed by atoms with Crippen molar-refractivity contribution in [2.24, 2.45) is 0 Å². The van der Waals surface area contributed by atoms with E-state index in [9.17, 15) is 0 Å². The van der Waals surface area contributed by atoms with Crippen LogP contribution in [0.25, 0.3) is 0 Å². The molecule has 18 heavy (non-hydrogen) atoms. The number of rotatable bonds is 6. The van der Waals surface area contributed by atoms with E-state index in [0.29, 0.717) is 10.8 Å². The fourth-order valence-electron chi connectivity index (χ4n) is 2.45.